The molecule has 0 aliphatic heterocycles. The monoisotopic (exact) mass is 391 g/mol. The molecule has 7 nitrogen and oxygen atoms in total. The molecule has 1 amide bonds. The molecule has 2 heterocycles. The molecule has 0 saturated carbocycles. The summed E-state index contributed by atoms with van der Waals surface area (Å²) in [5.74, 6) is -0.591. The summed E-state index contributed by atoms with van der Waals surface area (Å²) < 4.78 is 42.6. The number of alkyl halides is 3. The highest BCUT2D eigenvalue weighted by molar-refractivity contribution is 5.93. The maximum absolute atomic E-state index is 12.2. The Morgan fingerprint density at radius 3 is 2.68 bits per heavy atom. The van der Waals surface area contributed by atoms with Gasteiger partial charge in [0, 0.05) is 18.8 Å². The summed E-state index contributed by atoms with van der Waals surface area (Å²) in [6, 6.07) is 10.2. The van der Waals surface area contributed by atoms with Crippen molar-refractivity contribution in [1.29, 1.82) is 0 Å². The molecule has 0 aliphatic carbocycles. The number of carbonyl (C=O) groups excluding carboxylic acids is 1. The van der Waals surface area contributed by atoms with Crippen LogP contribution in [0.1, 0.15) is 21.5 Å². The Morgan fingerprint density at radius 1 is 1.18 bits per heavy atom. The van der Waals surface area contributed by atoms with Gasteiger partial charge in [0.05, 0.1) is 12.1 Å². The number of pyridine rings is 1. The quantitative estimate of drug-likeness (QED) is 0.670. The van der Waals surface area contributed by atoms with Gasteiger partial charge in [-0.2, -0.15) is 18.3 Å². The minimum Gasteiger partial charge on any atom is -0.468 e. The van der Waals surface area contributed by atoms with E-state index in [0.29, 0.717) is 6.54 Å². The van der Waals surface area contributed by atoms with Crippen molar-refractivity contribution in [2.75, 3.05) is 6.61 Å². The van der Waals surface area contributed by atoms with Gasteiger partial charge in [0.15, 0.2) is 6.61 Å². The molecule has 0 radical (unpaired) electrons. The van der Waals surface area contributed by atoms with Gasteiger partial charge in [0.2, 0.25) is 5.88 Å². The fourth-order valence-electron chi connectivity index (χ4n) is 2.38. The lowest BCUT2D eigenvalue weighted by Crippen LogP contribution is -2.23. The summed E-state index contributed by atoms with van der Waals surface area (Å²) in [5.41, 5.74) is 2.12. The summed E-state index contributed by atoms with van der Waals surface area (Å²) >= 11 is 0. The molecule has 0 atom stereocenters. The van der Waals surface area contributed by atoms with Gasteiger partial charge in [-0.3, -0.25) is 4.79 Å². The zero-order chi connectivity index (χ0) is 20.0. The van der Waals surface area contributed by atoms with E-state index in [4.69, 9.17) is 0 Å². The molecule has 3 rings (SSSR count). The number of benzene rings is 1. The van der Waals surface area contributed by atoms with Gasteiger partial charge in [-0.25, -0.2) is 14.6 Å². The van der Waals surface area contributed by atoms with Crippen LogP contribution < -0.4 is 10.1 Å². The first kappa shape index (κ1) is 19.3. The molecular weight excluding hydrogens is 375 g/mol. The predicted octanol–water partition coefficient (Wildman–Crippen LogP) is 2.59. The molecule has 1 N–H and O–H groups in total. The van der Waals surface area contributed by atoms with Crippen molar-refractivity contribution in [3.63, 3.8) is 0 Å². The molecule has 3 aromatic rings. The number of hydrogen-bond acceptors (Lipinski definition) is 5. The van der Waals surface area contributed by atoms with E-state index < -0.39 is 18.7 Å². The molecule has 0 aliphatic rings. The van der Waals surface area contributed by atoms with Crippen molar-refractivity contribution in [2.45, 2.75) is 19.3 Å². The highest BCUT2D eigenvalue weighted by atomic mass is 19.4. The standard InChI is InChI=1S/C18H16F3N5O2/c19-18(20,21)10-28-16-5-4-15(8-23-16)17(27)24-7-13-2-1-3-14(6-13)9-26-12-22-11-25-26/h1-6,8,11-12H,7,9-10H2,(H,24,27). The SMILES string of the molecule is O=C(NCc1cccc(Cn2cncn2)c1)c1ccc(OCC(F)(F)F)nc1. The molecule has 0 spiro atoms. The fourth-order valence-corrected chi connectivity index (χ4v) is 2.38. The van der Waals surface area contributed by atoms with Crippen molar-refractivity contribution in [1.82, 2.24) is 25.1 Å². The second kappa shape index (κ2) is 8.51. The predicted molar refractivity (Wildman–Crippen MR) is 92.5 cm³/mol. The smallest absolute Gasteiger partial charge is 0.422 e. The van der Waals surface area contributed by atoms with Gasteiger partial charge < -0.3 is 10.1 Å². The van der Waals surface area contributed by atoms with Crippen LogP contribution >= 0.6 is 0 Å². The van der Waals surface area contributed by atoms with Crippen molar-refractivity contribution < 1.29 is 22.7 Å². The lowest BCUT2D eigenvalue weighted by molar-refractivity contribution is -0.154. The summed E-state index contributed by atoms with van der Waals surface area (Å²) in [7, 11) is 0. The number of halogens is 3. The molecule has 1 aromatic carbocycles. The average molecular weight is 391 g/mol. The number of ether oxygens (including phenoxy) is 1. The molecule has 0 saturated heterocycles. The summed E-state index contributed by atoms with van der Waals surface area (Å²) in [5, 5.41) is 6.79. The Morgan fingerprint density at radius 2 is 2.00 bits per heavy atom. The number of rotatable bonds is 7. The maximum atomic E-state index is 12.2. The number of aromatic nitrogens is 4. The topological polar surface area (TPSA) is 81.9 Å². The maximum Gasteiger partial charge on any atom is 0.422 e. The zero-order valence-corrected chi connectivity index (χ0v) is 14.6. The van der Waals surface area contributed by atoms with Crippen LogP contribution in [0.3, 0.4) is 0 Å². The first-order chi connectivity index (χ1) is 13.4. The van der Waals surface area contributed by atoms with E-state index in [9.17, 15) is 18.0 Å². The van der Waals surface area contributed by atoms with Gasteiger partial charge >= 0.3 is 6.18 Å². The van der Waals surface area contributed by atoms with Crippen LogP contribution in [0.2, 0.25) is 0 Å². The van der Waals surface area contributed by atoms with Crippen LogP contribution in [0.4, 0.5) is 13.2 Å². The first-order valence-electron chi connectivity index (χ1n) is 8.23. The van der Waals surface area contributed by atoms with Crippen LogP contribution in [0.5, 0.6) is 5.88 Å². The lowest BCUT2D eigenvalue weighted by Gasteiger charge is -2.09. The third-order valence-electron chi connectivity index (χ3n) is 3.64. The van der Waals surface area contributed by atoms with E-state index in [0.717, 1.165) is 11.1 Å². The van der Waals surface area contributed by atoms with Crippen LogP contribution in [-0.2, 0) is 13.1 Å². The van der Waals surface area contributed by atoms with Gasteiger partial charge in [-0.05, 0) is 17.2 Å². The highest BCUT2D eigenvalue weighted by Crippen LogP contribution is 2.17. The normalized spacial score (nSPS) is 11.2. The van der Waals surface area contributed by atoms with E-state index >= 15 is 0 Å². The Labute approximate surface area is 158 Å². The van der Waals surface area contributed by atoms with Crippen molar-refractivity contribution in [3.05, 3.63) is 71.9 Å². The minimum absolute atomic E-state index is 0.199. The van der Waals surface area contributed by atoms with Crippen LogP contribution in [0.25, 0.3) is 0 Å². The number of carbonyl (C=O) groups is 1. The van der Waals surface area contributed by atoms with Crippen LogP contribution in [-0.4, -0.2) is 38.4 Å². The van der Waals surface area contributed by atoms with Crippen LogP contribution in [0, 0.1) is 0 Å². The molecule has 2 aromatic heterocycles. The van der Waals surface area contributed by atoms with Crippen molar-refractivity contribution in [3.8, 4) is 5.88 Å². The van der Waals surface area contributed by atoms with Gasteiger partial charge in [0.25, 0.3) is 5.91 Å². The van der Waals surface area contributed by atoms with Gasteiger partial charge in [-0.15, -0.1) is 0 Å². The number of amides is 1. The van der Waals surface area contributed by atoms with E-state index in [-0.39, 0.29) is 18.0 Å². The molecule has 0 fully saturated rings. The summed E-state index contributed by atoms with van der Waals surface area (Å²) in [6.07, 6.45) is -0.205. The Kier molecular flexibility index (Phi) is 5.87. The number of nitrogens with zero attached hydrogens (tertiary/aromatic N) is 4. The third-order valence-corrected chi connectivity index (χ3v) is 3.64. The highest BCUT2D eigenvalue weighted by Gasteiger charge is 2.28. The molecule has 0 unspecified atom stereocenters. The van der Waals surface area contributed by atoms with E-state index in [1.165, 1.54) is 24.7 Å². The molecule has 146 valence electrons. The van der Waals surface area contributed by atoms with Gasteiger partial charge in [0.1, 0.15) is 12.7 Å². The van der Waals surface area contributed by atoms with Crippen molar-refractivity contribution in [2.24, 2.45) is 0 Å². The number of nitrogens with one attached hydrogen (secondary N) is 1. The Balaban J connectivity index is 1.54. The van der Waals surface area contributed by atoms with Crippen LogP contribution in [0.15, 0.2) is 55.2 Å². The lowest BCUT2D eigenvalue weighted by atomic mass is 10.1. The number of hydrogen-bond donors (Lipinski definition) is 1. The Bertz CT molecular complexity index is 912. The third kappa shape index (κ3) is 5.79. The zero-order valence-electron chi connectivity index (χ0n) is 14.6. The molecule has 0 bridgehead atoms. The summed E-state index contributed by atoms with van der Waals surface area (Å²) in [4.78, 5) is 19.8. The second-order valence-electron chi connectivity index (χ2n) is 5.88. The molecular formula is C18H16F3N5O2. The van der Waals surface area contributed by atoms with Gasteiger partial charge in [-0.1, -0.05) is 24.3 Å². The first-order valence-corrected chi connectivity index (χ1v) is 8.23. The largest absolute Gasteiger partial charge is 0.468 e. The van der Waals surface area contributed by atoms with Crippen molar-refractivity contribution >= 4 is 5.91 Å². The minimum atomic E-state index is -4.44. The molecule has 10 heteroatoms. The Hall–Kier alpha value is -3.43. The average Bonchev–Trinajstić information content (AvgIpc) is 3.17. The summed E-state index contributed by atoms with van der Waals surface area (Å²) in [6.45, 7) is -0.585. The van der Waals surface area contributed by atoms with E-state index in [1.54, 1.807) is 11.0 Å². The fraction of sp³-hybridized carbons (Fsp3) is 0.222. The van der Waals surface area contributed by atoms with E-state index in [1.807, 2.05) is 24.3 Å². The molecule has 28 heavy (non-hydrogen) atoms. The second-order valence-corrected chi connectivity index (χ2v) is 5.88. The van der Waals surface area contributed by atoms with E-state index in [2.05, 4.69) is 25.1 Å².